The highest BCUT2D eigenvalue weighted by Crippen LogP contribution is 2.30. The summed E-state index contributed by atoms with van der Waals surface area (Å²) in [5.74, 6) is 1.59. The van der Waals surface area contributed by atoms with Crippen LogP contribution >= 0.6 is 0 Å². The van der Waals surface area contributed by atoms with E-state index in [0.717, 1.165) is 11.8 Å². The van der Waals surface area contributed by atoms with Crippen LogP contribution in [-0.2, 0) is 19.3 Å². The lowest BCUT2D eigenvalue weighted by Gasteiger charge is -2.43. The summed E-state index contributed by atoms with van der Waals surface area (Å²) in [5, 5.41) is 0. The smallest absolute Gasteiger partial charge is 0.0108 e. The molecule has 2 unspecified atom stereocenters. The lowest BCUT2D eigenvalue weighted by molar-refractivity contribution is 0.100. The van der Waals surface area contributed by atoms with Crippen LogP contribution in [-0.4, -0.2) is 24.0 Å². The normalized spacial score (nSPS) is 22.7. The molecular weight excluding hydrogens is 290 g/mol. The van der Waals surface area contributed by atoms with Crippen molar-refractivity contribution in [1.82, 2.24) is 4.90 Å². The Morgan fingerprint density at radius 2 is 1.83 bits per heavy atom. The maximum absolute atomic E-state index is 2.64. The molecule has 1 aliphatic heterocycles. The van der Waals surface area contributed by atoms with Crippen molar-refractivity contribution in [1.29, 1.82) is 0 Å². The zero-order chi connectivity index (χ0) is 16.5. The second-order valence-electron chi connectivity index (χ2n) is 8.07. The van der Waals surface area contributed by atoms with Crippen molar-refractivity contribution in [3.63, 3.8) is 0 Å². The molecule has 2 atom stereocenters. The summed E-state index contributed by atoms with van der Waals surface area (Å²) in [5.41, 5.74) is 6.24. The number of benzene rings is 2. The van der Waals surface area contributed by atoms with Crippen LogP contribution in [0.4, 0.5) is 0 Å². The molecule has 0 N–H and O–H groups in total. The van der Waals surface area contributed by atoms with Gasteiger partial charge in [0.2, 0.25) is 0 Å². The Morgan fingerprint density at radius 3 is 2.62 bits per heavy atom. The molecule has 1 fully saturated rings. The van der Waals surface area contributed by atoms with Crippen molar-refractivity contribution in [2.24, 2.45) is 5.92 Å². The highest BCUT2D eigenvalue weighted by atomic mass is 15.2. The number of likely N-dealkylation sites (tertiary alicyclic amines) is 1. The summed E-state index contributed by atoms with van der Waals surface area (Å²) in [7, 11) is 0. The first-order chi connectivity index (χ1) is 11.7. The fourth-order valence-electron chi connectivity index (χ4n) is 4.40. The molecule has 0 aromatic heterocycles. The maximum atomic E-state index is 2.64. The van der Waals surface area contributed by atoms with E-state index >= 15 is 0 Å². The van der Waals surface area contributed by atoms with Crippen LogP contribution in [0.25, 0.3) is 0 Å². The maximum Gasteiger partial charge on any atom is 0.0108 e. The molecular formula is C23H29N. The monoisotopic (exact) mass is 319 g/mol. The SMILES string of the molecule is CC1CCc2cc(CC(C)N3CC(c4ccccc4)C3)ccc2C1. The Kier molecular flexibility index (Phi) is 4.45. The fourth-order valence-corrected chi connectivity index (χ4v) is 4.40. The zero-order valence-corrected chi connectivity index (χ0v) is 15.0. The molecule has 2 aromatic carbocycles. The van der Waals surface area contributed by atoms with E-state index in [-0.39, 0.29) is 0 Å². The van der Waals surface area contributed by atoms with Crippen LogP contribution in [0.15, 0.2) is 48.5 Å². The van der Waals surface area contributed by atoms with Gasteiger partial charge in [-0.1, -0.05) is 55.5 Å². The Labute approximate surface area is 146 Å². The van der Waals surface area contributed by atoms with Crippen LogP contribution in [0.1, 0.15) is 48.4 Å². The molecule has 1 saturated heterocycles. The van der Waals surface area contributed by atoms with Crippen LogP contribution < -0.4 is 0 Å². The van der Waals surface area contributed by atoms with Gasteiger partial charge in [0.05, 0.1) is 0 Å². The van der Waals surface area contributed by atoms with E-state index in [1.54, 1.807) is 11.1 Å². The number of hydrogen-bond donors (Lipinski definition) is 0. The molecule has 2 aromatic rings. The first-order valence-electron chi connectivity index (χ1n) is 9.58. The van der Waals surface area contributed by atoms with Gasteiger partial charge in [-0.05, 0) is 60.8 Å². The Hall–Kier alpha value is -1.60. The van der Waals surface area contributed by atoms with Crippen molar-refractivity contribution in [3.05, 3.63) is 70.8 Å². The molecule has 2 aliphatic rings. The molecule has 0 amide bonds. The number of rotatable bonds is 4. The molecule has 24 heavy (non-hydrogen) atoms. The zero-order valence-electron chi connectivity index (χ0n) is 15.0. The lowest BCUT2D eigenvalue weighted by Crippen LogP contribution is -2.50. The average Bonchev–Trinajstić information content (AvgIpc) is 2.54. The highest BCUT2D eigenvalue weighted by Gasteiger charge is 2.31. The van der Waals surface area contributed by atoms with Crippen molar-refractivity contribution >= 4 is 0 Å². The van der Waals surface area contributed by atoms with E-state index in [4.69, 9.17) is 0 Å². The molecule has 1 heteroatoms. The van der Waals surface area contributed by atoms with E-state index in [2.05, 4.69) is 67.3 Å². The molecule has 0 spiro atoms. The van der Waals surface area contributed by atoms with Gasteiger partial charge in [0.15, 0.2) is 0 Å². The molecule has 1 aliphatic carbocycles. The van der Waals surface area contributed by atoms with Crippen LogP contribution in [0.2, 0.25) is 0 Å². The van der Waals surface area contributed by atoms with E-state index in [1.807, 2.05) is 0 Å². The van der Waals surface area contributed by atoms with E-state index in [1.165, 1.54) is 49.9 Å². The third-order valence-corrected chi connectivity index (χ3v) is 6.08. The molecule has 126 valence electrons. The van der Waals surface area contributed by atoms with E-state index in [0.29, 0.717) is 6.04 Å². The molecule has 4 rings (SSSR count). The molecule has 0 bridgehead atoms. The van der Waals surface area contributed by atoms with E-state index < -0.39 is 0 Å². The predicted molar refractivity (Wildman–Crippen MR) is 102 cm³/mol. The predicted octanol–water partition coefficient (Wildman–Crippen LogP) is 4.84. The summed E-state index contributed by atoms with van der Waals surface area (Å²) in [6.45, 7) is 7.20. The van der Waals surface area contributed by atoms with Gasteiger partial charge in [-0.3, -0.25) is 4.90 Å². The Balaban J connectivity index is 1.35. The summed E-state index contributed by atoms with van der Waals surface area (Å²) >= 11 is 0. The van der Waals surface area contributed by atoms with E-state index in [9.17, 15) is 0 Å². The largest absolute Gasteiger partial charge is 0.299 e. The number of fused-ring (bicyclic) bond motifs is 1. The standard InChI is InChI=1S/C23H29N/c1-17-8-10-22-14-19(9-11-21(22)12-17)13-18(2)24-15-23(16-24)20-6-4-3-5-7-20/h3-7,9,11,14,17-18,23H,8,10,12-13,15-16H2,1-2H3. The minimum atomic E-state index is 0.644. The number of hydrogen-bond acceptors (Lipinski definition) is 1. The minimum absolute atomic E-state index is 0.644. The average molecular weight is 319 g/mol. The van der Waals surface area contributed by atoms with Gasteiger partial charge in [0.1, 0.15) is 0 Å². The second kappa shape index (κ2) is 6.72. The lowest BCUT2D eigenvalue weighted by atomic mass is 9.83. The summed E-state index contributed by atoms with van der Waals surface area (Å²) in [4.78, 5) is 2.64. The van der Waals surface area contributed by atoms with Gasteiger partial charge in [-0.2, -0.15) is 0 Å². The van der Waals surface area contributed by atoms with Crippen molar-refractivity contribution in [2.75, 3.05) is 13.1 Å². The number of nitrogens with zero attached hydrogens (tertiary/aromatic N) is 1. The van der Waals surface area contributed by atoms with Gasteiger partial charge >= 0.3 is 0 Å². The topological polar surface area (TPSA) is 3.24 Å². The van der Waals surface area contributed by atoms with Gasteiger partial charge in [0, 0.05) is 25.0 Å². The fraction of sp³-hybridized carbons (Fsp3) is 0.478. The van der Waals surface area contributed by atoms with Crippen LogP contribution in [0.5, 0.6) is 0 Å². The summed E-state index contributed by atoms with van der Waals surface area (Å²) < 4.78 is 0. The summed E-state index contributed by atoms with van der Waals surface area (Å²) in [6.07, 6.45) is 5.09. The molecule has 0 saturated carbocycles. The van der Waals surface area contributed by atoms with Crippen LogP contribution in [0, 0.1) is 5.92 Å². The quantitative estimate of drug-likeness (QED) is 0.779. The highest BCUT2D eigenvalue weighted by molar-refractivity contribution is 5.34. The van der Waals surface area contributed by atoms with Crippen molar-refractivity contribution in [2.45, 2.75) is 51.5 Å². The Morgan fingerprint density at radius 1 is 1.04 bits per heavy atom. The Bertz CT molecular complexity index is 684. The molecule has 1 nitrogen and oxygen atoms in total. The first kappa shape index (κ1) is 15.9. The molecule has 0 radical (unpaired) electrons. The third-order valence-electron chi connectivity index (χ3n) is 6.08. The first-order valence-corrected chi connectivity index (χ1v) is 9.58. The second-order valence-corrected chi connectivity index (χ2v) is 8.07. The van der Waals surface area contributed by atoms with Gasteiger partial charge < -0.3 is 0 Å². The molecule has 1 heterocycles. The van der Waals surface area contributed by atoms with Gasteiger partial charge in [0.25, 0.3) is 0 Å². The van der Waals surface area contributed by atoms with Crippen molar-refractivity contribution < 1.29 is 0 Å². The minimum Gasteiger partial charge on any atom is -0.299 e. The number of aryl methyl sites for hydroxylation is 1. The third kappa shape index (κ3) is 3.28. The summed E-state index contributed by atoms with van der Waals surface area (Å²) in [6, 6.07) is 18.9. The van der Waals surface area contributed by atoms with Crippen LogP contribution in [0.3, 0.4) is 0 Å². The van der Waals surface area contributed by atoms with Gasteiger partial charge in [-0.25, -0.2) is 0 Å². The van der Waals surface area contributed by atoms with Gasteiger partial charge in [-0.15, -0.1) is 0 Å². The van der Waals surface area contributed by atoms with Crippen molar-refractivity contribution in [3.8, 4) is 0 Å².